The molecule has 2 heterocycles. The number of thiophene rings is 1. The second-order valence-electron chi connectivity index (χ2n) is 2.50. The number of hydrogen-bond acceptors (Lipinski definition) is 4. The molecular formula is C8H5NO2S. The van der Waals surface area contributed by atoms with Crippen LogP contribution in [-0.4, -0.2) is 12.1 Å². The Morgan fingerprint density at radius 3 is 3.33 bits per heavy atom. The Morgan fingerprint density at radius 2 is 2.58 bits per heavy atom. The standard InChI is InChI=1S/C8H5NO2S/c9-4-6-3-5-1-2-12-7(5)8(10)11-6/h1-2,6H,3H2. The molecule has 0 bridgehead atoms. The van der Waals surface area contributed by atoms with E-state index in [4.69, 9.17) is 10.00 Å². The van der Waals surface area contributed by atoms with Crippen LogP contribution >= 0.6 is 11.3 Å². The Labute approximate surface area is 73.2 Å². The van der Waals surface area contributed by atoms with E-state index in [-0.39, 0.29) is 5.97 Å². The van der Waals surface area contributed by atoms with Gasteiger partial charge < -0.3 is 4.74 Å². The number of nitrogens with zero attached hydrogens (tertiary/aromatic N) is 1. The molecule has 0 spiro atoms. The number of esters is 1. The Morgan fingerprint density at radius 1 is 1.75 bits per heavy atom. The number of carbonyl (C=O) groups is 1. The van der Waals surface area contributed by atoms with Crippen LogP contribution in [0.1, 0.15) is 15.2 Å². The highest BCUT2D eigenvalue weighted by Crippen LogP contribution is 2.24. The summed E-state index contributed by atoms with van der Waals surface area (Å²) in [6.07, 6.45) is -0.0688. The van der Waals surface area contributed by atoms with Crippen LogP contribution in [0.5, 0.6) is 0 Å². The Balaban J connectivity index is 2.40. The monoisotopic (exact) mass is 179 g/mol. The number of fused-ring (bicyclic) bond motifs is 1. The first kappa shape index (κ1) is 7.32. The first-order valence-electron chi connectivity index (χ1n) is 3.48. The van der Waals surface area contributed by atoms with Gasteiger partial charge in [0, 0.05) is 6.42 Å². The zero-order valence-corrected chi connectivity index (χ0v) is 6.93. The highest BCUT2D eigenvalue weighted by molar-refractivity contribution is 7.12. The van der Waals surface area contributed by atoms with E-state index >= 15 is 0 Å². The third-order valence-corrected chi connectivity index (χ3v) is 2.67. The summed E-state index contributed by atoms with van der Waals surface area (Å²) in [5.41, 5.74) is 0.933. The summed E-state index contributed by atoms with van der Waals surface area (Å²) < 4.78 is 4.83. The summed E-state index contributed by atoms with van der Waals surface area (Å²) in [4.78, 5) is 11.8. The van der Waals surface area contributed by atoms with Crippen molar-refractivity contribution in [1.82, 2.24) is 0 Å². The van der Waals surface area contributed by atoms with Gasteiger partial charge in [-0.15, -0.1) is 11.3 Å². The van der Waals surface area contributed by atoms with Crippen molar-refractivity contribution in [1.29, 1.82) is 5.26 Å². The van der Waals surface area contributed by atoms with Crippen LogP contribution in [0.25, 0.3) is 0 Å². The average Bonchev–Trinajstić information content (AvgIpc) is 2.52. The van der Waals surface area contributed by atoms with E-state index in [2.05, 4.69) is 0 Å². The molecule has 4 heteroatoms. The molecule has 0 aromatic carbocycles. The predicted molar refractivity (Wildman–Crippen MR) is 42.8 cm³/mol. The summed E-state index contributed by atoms with van der Waals surface area (Å²) in [6, 6.07) is 3.79. The number of cyclic esters (lactones) is 1. The summed E-state index contributed by atoms with van der Waals surface area (Å²) in [5, 5.41) is 10.4. The normalized spacial score (nSPS) is 20.9. The van der Waals surface area contributed by atoms with E-state index in [1.165, 1.54) is 11.3 Å². The lowest BCUT2D eigenvalue weighted by Gasteiger charge is -2.15. The lowest BCUT2D eigenvalue weighted by atomic mass is 10.1. The van der Waals surface area contributed by atoms with Crippen LogP contribution in [0.2, 0.25) is 0 Å². The molecule has 1 aromatic heterocycles. The molecule has 3 nitrogen and oxygen atoms in total. The maximum absolute atomic E-state index is 11.2. The molecule has 1 aliphatic rings. The third-order valence-electron chi connectivity index (χ3n) is 1.73. The highest BCUT2D eigenvalue weighted by atomic mass is 32.1. The van der Waals surface area contributed by atoms with Gasteiger partial charge in [-0.05, 0) is 17.0 Å². The van der Waals surface area contributed by atoms with E-state index in [0.29, 0.717) is 11.3 Å². The van der Waals surface area contributed by atoms with Gasteiger partial charge in [0.25, 0.3) is 0 Å². The number of ether oxygens (including phenoxy) is 1. The SMILES string of the molecule is N#CC1Cc2ccsc2C(=O)O1. The predicted octanol–water partition coefficient (Wildman–Crippen LogP) is 1.35. The van der Waals surface area contributed by atoms with Gasteiger partial charge in [-0.3, -0.25) is 0 Å². The molecule has 1 aromatic rings. The second-order valence-corrected chi connectivity index (χ2v) is 3.42. The quantitative estimate of drug-likeness (QED) is 0.565. The fourth-order valence-electron chi connectivity index (χ4n) is 1.17. The fraction of sp³-hybridized carbons (Fsp3) is 0.250. The van der Waals surface area contributed by atoms with Crippen molar-refractivity contribution < 1.29 is 9.53 Å². The maximum Gasteiger partial charge on any atom is 0.349 e. The van der Waals surface area contributed by atoms with Crippen molar-refractivity contribution in [3.05, 3.63) is 21.9 Å². The van der Waals surface area contributed by atoms with Crippen molar-refractivity contribution in [3.63, 3.8) is 0 Å². The molecule has 1 aliphatic heterocycles. The van der Waals surface area contributed by atoms with Gasteiger partial charge in [0.05, 0.1) is 0 Å². The number of carbonyl (C=O) groups excluding carboxylic acids is 1. The zero-order valence-electron chi connectivity index (χ0n) is 6.11. The van der Waals surface area contributed by atoms with Crippen molar-refractivity contribution in [3.8, 4) is 6.07 Å². The van der Waals surface area contributed by atoms with E-state index in [1.807, 2.05) is 17.5 Å². The van der Waals surface area contributed by atoms with Gasteiger partial charge >= 0.3 is 5.97 Å². The van der Waals surface area contributed by atoms with Crippen molar-refractivity contribution in [2.24, 2.45) is 0 Å². The summed E-state index contributed by atoms with van der Waals surface area (Å²) >= 11 is 1.36. The summed E-state index contributed by atoms with van der Waals surface area (Å²) in [6.45, 7) is 0. The molecule has 0 N–H and O–H groups in total. The Kier molecular flexibility index (Phi) is 1.59. The lowest BCUT2D eigenvalue weighted by Crippen LogP contribution is -2.24. The molecule has 1 unspecified atom stereocenters. The van der Waals surface area contributed by atoms with Gasteiger partial charge in [-0.25, -0.2) is 4.79 Å². The van der Waals surface area contributed by atoms with Crippen LogP contribution in [-0.2, 0) is 11.2 Å². The minimum absolute atomic E-state index is 0.363. The van der Waals surface area contributed by atoms with Crippen LogP contribution < -0.4 is 0 Å². The first-order chi connectivity index (χ1) is 5.81. The van der Waals surface area contributed by atoms with Gasteiger partial charge in [-0.2, -0.15) is 5.26 Å². The van der Waals surface area contributed by atoms with Gasteiger partial charge in [0.15, 0.2) is 6.10 Å². The van der Waals surface area contributed by atoms with Gasteiger partial charge in [0.2, 0.25) is 0 Å². The molecule has 0 saturated carbocycles. The third kappa shape index (κ3) is 0.990. The van der Waals surface area contributed by atoms with E-state index < -0.39 is 6.10 Å². The van der Waals surface area contributed by atoms with Gasteiger partial charge in [-0.1, -0.05) is 0 Å². The van der Waals surface area contributed by atoms with Crippen LogP contribution in [0.15, 0.2) is 11.4 Å². The number of rotatable bonds is 0. The number of nitriles is 1. The Bertz CT molecular complexity index is 363. The molecule has 0 amide bonds. The maximum atomic E-state index is 11.2. The van der Waals surface area contributed by atoms with E-state index in [9.17, 15) is 4.79 Å². The molecule has 1 atom stereocenters. The summed E-state index contributed by atoms with van der Waals surface area (Å²) in [7, 11) is 0. The first-order valence-corrected chi connectivity index (χ1v) is 4.36. The lowest BCUT2D eigenvalue weighted by molar-refractivity contribution is 0.0379. The highest BCUT2D eigenvalue weighted by Gasteiger charge is 2.26. The summed E-state index contributed by atoms with van der Waals surface area (Å²) in [5.74, 6) is -0.363. The largest absolute Gasteiger partial charge is 0.442 e. The average molecular weight is 179 g/mol. The van der Waals surface area contributed by atoms with Crippen molar-refractivity contribution >= 4 is 17.3 Å². The second kappa shape index (κ2) is 2.61. The molecule has 0 fully saturated rings. The van der Waals surface area contributed by atoms with Crippen LogP contribution in [0, 0.1) is 11.3 Å². The smallest absolute Gasteiger partial charge is 0.349 e. The topological polar surface area (TPSA) is 50.1 Å². The van der Waals surface area contributed by atoms with E-state index in [1.54, 1.807) is 0 Å². The van der Waals surface area contributed by atoms with Crippen LogP contribution in [0.3, 0.4) is 0 Å². The minimum Gasteiger partial charge on any atom is -0.442 e. The minimum atomic E-state index is -0.598. The van der Waals surface area contributed by atoms with E-state index in [0.717, 1.165) is 5.56 Å². The van der Waals surface area contributed by atoms with Crippen LogP contribution in [0.4, 0.5) is 0 Å². The zero-order chi connectivity index (χ0) is 8.55. The fourth-order valence-corrected chi connectivity index (χ4v) is 1.99. The van der Waals surface area contributed by atoms with Crippen molar-refractivity contribution in [2.75, 3.05) is 0 Å². The van der Waals surface area contributed by atoms with Crippen molar-refractivity contribution in [2.45, 2.75) is 12.5 Å². The molecule has 12 heavy (non-hydrogen) atoms. The molecule has 60 valence electrons. The molecule has 0 aliphatic carbocycles. The molecule has 0 radical (unpaired) electrons. The Hall–Kier alpha value is -1.34. The van der Waals surface area contributed by atoms with Gasteiger partial charge in [0.1, 0.15) is 10.9 Å². The number of hydrogen-bond donors (Lipinski definition) is 0. The molecular weight excluding hydrogens is 174 g/mol. The molecule has 2 rings (SSSR count). The molecule has 0 saturated heterocycles.